The van der Waals surface area contributed by atoms with Crippen LogP contribution in [-0.4, -0.2) is 46.5 Å². The van der Waals surface area contributed by atoms with E-state index in [9.17, 15) is 9.59 Å². The number of carbonyl (C=O) groups excluding carboxylic acids is 2. The van der Waals surface area contributed by atoms with Crippen molar-refractivity contribution in [3.05, 3.63) is 47.1 Å². The molecule has 7 nitrogen and oxygen atoms in total. The van der Waals surface area contributed by atoms with Crippen molar-refractivity contribution in [1.29, 1.82) is 0 Å². The minimum absolute atomic E-state index is 0.00677. The molecule has 0 aliphatic carbocycles. The number of halogens is 1. The standard InChI is InChI=1S/C21H26ClN5O2/c1-3-26(15(2)28)13-16-6-4-8-18(12-16)23-21(29)17-7-5-11-27(14-17)20-10-9-19(22)24-25-20/h4,6,8-10,12,17H,3,5,7,11,13-14H2,1-2H3,(H,23,29)/t17-/m1/s1. The van der Waals surface area contributed by atoms with Gasteiger partial charge in [-0.3, -0.25) is 9.59 Å². The SMILES string of the molecule is CCN(Cc1cccc(NC(=O)[C@@H]2CCCN(c3ccc(Cl)nn3)C2)c1)C(C)=O. The molecule has 0 saturated carbocycles. The van der Waals surface area contributed by atoms with Crippen LogP contribution in [0.15, 0.2) is 36.4 Å². The van der Waals surface area contributed by atoms with E-state index in [4.69, 9.17) is 11.6 Å². The van der Waals surface area contributed by atoms with Gasteiger partial charge < -0.3 is 15.1 Å². The zero-order chi connectivity index (χ0) is 20.8. The summed E-state index contributed by atoms with van der Waals surface area (Å²) in [6.45, 7) is 6.13. The first kappa shape index (κ1) is 21.0. The number of amides is 2. The summed E-state index contributed by atoms with van der Waals surface area (Å²) in [5, 5.41) is 11.4. The fourth-order valence-corrected chi connectivity index (χ4v) is 3.64. The number of rotatable bonds is 6. The highest BCUT2D eigenvalue weighted by Crippen LogP contribution is 2.23. The van der Waals surface area contributed by atoms with Crippen LogP contribution in [0.1, 0.15) is 32.3 Å². The predicted octanol–water partition coefficient (Wildman–Crippen LogP) is 3.35. The summed E-state index contributed by atoms with van der Waals surface area (Å²) in [7, 11) is 0. The molecule has 29 heavy (non-hydrogen) atoms. The molecule has 2 heterocycles. The Bertz CT molecular complexity index is 858. The Kier molecular flexibility index (Phi) is 7.04. The van der Waals surface area contributed by atoms with Crippen LogP contribution in [0.25, 0.3) is 0 Å². The lowest BCUT2D eigenvalue weighted by molar-refractivity contribution is -0.129. The summed E-state index contributed by atoms with van der Waals surface area (Å²) >= 11 is 5.81. The maximum Gasteiger partial charge on any atom is 0.229 e. The zero-order valence-electron chi connectivity index (χ0n) is 16.8. The third-order valence-electron chi connectivity index (χ3n) is 5.13. The highest BCUT2D eigenvalue weighted by Gasteiger charge is 2.27. The molecule has 154 valence electrons. The van der Waals surface area contributed by atoms with Crippen LogP contribution in [0.2, 0.25) is 5.15 Å². The minimum atomic E-state index is -0.130. The van der Waals surface area contributed by atoms with E-state index in [1.54, 1.807) is 17.9 Å². The van der Waals surface area contributed by atoms with Crippen LogP contribution in [-0.2, 0) is 16.1 Å². The molecule has 0 radical (unpaired) electrons. The van der Waals surface area contributed by atoms with E-state index in [0.717, 1.165) is 36.5 Å². The second-order valence-electron chi connectivity index (χ2n) is 7.22. The van der Waals surface area contributed by atoms with Crippen LogP contribution in [0, 0.1) is 5.92 Å². The van der Waals surface area contributed by atoms with Gasteiger partial charge in [-0.25, -0.2) is 0 Å². The molecule has 1 saturated heterocycles. The van der Waals surface area contributed by atoms with E-state index in [1.165, 1.54) is 0 Å². The fourth-order valence-electron chi connectivity index (χ4n) is 3.53. The average Bonchev–Trinajstić information content (AvgIpc) is 2.72. The number of nitrogens with zero attached hydrogens (tertiary/aromatic N) is 4. The Morgan fingerprint density at radius 1 is 1.28 bits per heavy atom. The van der Waals surface area contributed by atoms with Crippen LogP contribution in [0.3, 0.4) is 0 Å². The van der Waals surface area contributed by atoms with Gasteiger partial charge in [-0.2, -0.15) is 0 Å². The fraction of sp³-hybridized carbons (Fsp3) is 0.429. The van der Waals surface area contributed by atoms with Crippen LogP contribution in [0.5, 0.6) is 0 Å². The predicted molar refractivity (Wildman–Crippen MR) is 114 cm³/mol. The molecular formula is C21H26ClN5O2. The maximum absolute atomic E-state index is 12.8. The second kappa shape index (κ2) is 9.69. The highest BCUT2D eigenvalue weighted by atomic mass is 35.5. The Balaban J connectivity index is 1.63. The van der Waals surface area contributed by atoms with Crippen molar-refractivity contribution >= 4 is 34.9 Å². The van der Waals surface area contributed by atoms with Gasteiger partial charge in [0, 0.05) is 38.8 Å². The number of nitrogens with one attached hydrogen (secondary N) is 1. The molecular weight excluding hydrogens is 390 g/mol. The second-order valence-corrected chi connectivity index (χ2v) is 7.61. The number of carbonyl (C=O) groups is 2. The molecule has 1 atom stereocenters. The summed E-state index contributed by atoms with van der Waals surface area (Å²) in [4.78, 5) is 28.3. The molecule has 1 aliphatic rings. The van der Waals surface area contributed by atoms with E-state index >= 15 is 0 Å². The Morgan fingerprint density at radius 3 is 2.79 bits per heavy atom. The van der Waals surface area contributed by atoms with Gasteiger partial charge in [-0.15, -0.1) is 10.2 Å². The van der Waals surface area contributed by atoms with Crippen molar-refractivity contribution in [2.45, 2.75) is 33.2 Å². The molecule has 2 aromatic rings. The van der Waals surface area contributed by atoms with Crippen LogP contribution in [0.4, 0.5) is 11.5 Å². The van der Waals surface area contributed by atoms with Gasteiger partial charge in [0.25, 0.3) is 0 Å². The number of hydrogen-bond acceptors (Lipinski definition) is 5. The van der Waals surface area contributed by atoms with Gasteiger partial charge in [-0.1, -0.05) is 23.7 Å². The lowest BCUT2D eigenvalue weighted by atomic mass is 9.97. The Morgan fingerprint density at radius 2 is 2.10 bits per heavy atom. The van der Waals surface area contributed by atoms with E-state index in [0.29, 0.717) is 24.8 Å². The number of piperidine rings is 1. The molecule has 1 aliphatic heterocycles. The summed E-state index contributed by atoms with van der Waals surface area (Å²) in [5.74, 6) is 0.634. The third-order valence-corrected chi connectivity index (χ3v) is 5.33. The largest absolute Gasteiger partial charge is 0.354 e. The van der Waals surface area contributed by atoms with Gasteiger partial charge >= 0.3 is 0 Å². The molecule has 8 heteroatoms. The number of aromatic nitrogens is 2. The number of benzene rings is 1. The first-order valence-corrected chi connectivity index (χ1v) is 10.2. The van der Waals surface area contributed by atoms with Gasteiger partial charge in [0.1, 0.15) is 0 Å². The minimum Gasteiger partial charge on any atom is -0.354 e. The smallest absolute Gasteiger partial charge is 0.229 e. The molecule has 3 rings (SSSR count). The highest BCUT2D eigenvalue weighted by molar-refractivity contribution is 6.29. The molecule has 2 amide bonds. The van der Waals surface area contributed by atoms with E-state index in [2.05, 4.69) is 20.4 Å². The van der Waals surface area contributed by atoms with E-state index < -0.39 is 0 Å². The maximum atomic E-state index is 12.8. The molecule has 1 aromatic heterocycles. The molecule has 0 unspecified atom stereocenters. The van der Waals surface area contributed by atoms with Crippen molar-refractivity contribution in [2.24, 2.45) is 5.92 Å². The summed E-state index contributed by atoms with van der Waals surface area (Å²) in [5.41, 5.74) is 1.73. The van der Waals surface area contributed by atoms with E-state index in [1.807, 2.05) is 37.3 Å². The summed E-state index contributed by atoms with van der Waals surface area (Å²) in [6, 6.07) is 11.2. The lowest BCUT2D eigenvalue weighted by Crippen LogP contribution is -2.41. The normalized spacial score (nSPS) is 16.4. The van der Waals surface area contributed by atoms with Crippen molar-refractivity contribution < 1.29 is 9.59 Å². The topological polar surface area (TPSA) is 78.4 Å². The molecule has 0 spiro atoms. The quantitative estimate of drug-likeness (QED) is 0.782. The van der Waals surface area contributed by atoms with Gasteiger partial charge in [0.2, 0.25) is 11.8 Å². The zero-order valence-corrected chi connectivity index (χ0v) is 17.5. The summed E-state index contributed by atoms with van der Waals surface area (Å²) in [6.07, 6.45) is 1.74. The number of hydrogen-bond donors (Lipinski definition) is 1. The lowest BCUT2D eigenvalue weighted by Gasteiger charge is -2.32. The van der Waals surface area contributed by atoms with Crippen molar-refractivity contribution in [3.63, 3.8) is 0 Å². The molecule has 1 fully saturated rings. The first-order chi connectivity index (χ1) is 14.0. The number of anilines is 2. The summed E-state index contributed by atoms with van der Waals surface area (Å²) < 4.78 is 0. The van der Waals surface area contributed by atoms with Crippen molar-refractivity contribution in [1.82, 2.24) is 15.1 Å². The van der Waals surface area contributed by atoms with Crippen molar-refractivity contribution in [3.8, 4) is 0 Å². The van der Waals surface area contributed by atoms with Gasteiger partial charge in [-0.05, 0) is 49.6 Å². The molecule has 1 N–H and O–H groups in total. The Hall–Kier alpha value is -2.67. The molecule has 1 aromatic carbocycles. The van der Waals surface area contributed by atoms with E-state index in [-0.39, 0.29) is 17.7 Å². The third kappa shape index (κ3) is 5.67. The first-order valence-electron chi connectivity index (χ1n) is 9.85. The van der Waals surface area contributed by atoms with Gasteiger partial charge in [0.15, 0.2) is 11.0 Å². The van der Waals surface area contributed by atoms with Crippen LogP contribution >= 0.6 is 11.6 Å². The van der Waals surface area contributed by atoms with Crippen molar-refractivity contribution in [2.75, 3.05) is 29.9 Å². The molecule has 0 bridgehead atoms. The van der Waals surface area contributed by atoms with Crippen LogP contribution < -0.4 is 10.2 Å². The Labute approximate surface area is 176 Å². The van der Waals surface area contributed by atoms with Gasteiger partial charge in [0.05, 0.1) is 5.92 Å². The monoisotopic (exact) mass is 415 g/mol. The average molecular weight is 416 g/mol.